The SMILES string of the molecule is CC1CCCC(CO)(Nc2ncnc3ccccc23)C1. The van der Waals surface area contributed by atoms with E-state index in [9.17, 15) is 5.11 Å². The van der Waals surface area contributed by atoms with Crippen molar-refractivity contribution in [3.8, 4) is 0 Å². The van der Waals surface area contributed by atoms with E-state index in [0.29, 0.717) is 5.92 Å². The number of aromatic nitrogens is 2. The number of aliphatic hydroxyl groups is 1. The van der Waals surface area contributed by atoms with Crippen LogP contribution in [-0.4, -0.2) is 27.2 Å². The van der Waals surface area contributed by atoms with E-state index in [-0.39, 0.29) is 12.1 Å². The average Bonchev–Trinajstić information content (AvgIpc) is 2.48. The molecule has 0 bridgehead atoms. The molecule has 1 aliphatic rings. The summed E-state index contributed by atoms with van der Waals surface area (Å²) in [6.45, 7) is 2.40. The molecule has 0 radical (unpaired) electrons. The number of nitrogens with zero attached hydrogens (tertiary/aromatic N) is 2. The first-order valence-electron chi connectivity index (χ1n) is 7.31. The zero-order valence-electron chi connectivity index (χ0n) is 11.8. The summed E-state index contributed by atoms with van der Waals surface area (Å²) in [5.41, 5.74) is 0.691. The van der Waals surface area contributed by atoms with Crippen LogP contribution in [0.3, 0.4) is 0 Å². The van der Waals surface area contributed by atoms with E-state index < -0.39 is 0 Å². The van der Waals surface area contributed by atoms with Crippen LogP contribution in [0.15, 0.2) is 30.6 Å². The molecule has 0 saturated heterocycles. The van der Waals surface area contributed by atoms with Crippen LogP contribution in [0.1, 0.15) is 32.6 Å². The lowest BCUT2D eigenvalue weighted by molar-refractivity contribution is 0.149. The van der Waals surface area contributed by atoms with Crippen LogP contribution in [0.25, 0.3) is 10.9 Å². The molecule has 0 amide bonds. The van der Waals surface area contributed by atoms with Crippen molar-refractivity contribution in [1.29, 1.82) is 0 Å². The summed E-state index contributed by atoms with van der Waals surface area (Å²) in [5, 5.41) is 14.4. The van der Waals surface area contributed by atoms with Gasteiger partial charge in [0.1, 0.15) is 12.1 Å². The molecule has 0 aliphatic heterocycles. The number of hydrogen-bond acceptors (Lipinski definition) is 4. The molecule has 1 heterocycles. The highest BCUT2D eigenvalue weighted by Crippen LogP contribution is 2.35. The summed E-state index contributed by atoms with van der Waals surface area (Å²) in [6.07, 6.45) is 5.96. The van der Waals surface area contributed by atoms with Crippen LogP contribution in [-0.2, 0) is 0 Å². The Balaban J connectivity index is 1.95. The lowest BCUT2D eigenvalue weighted by atomic mass is 9.77. The number of aliphatic hydroxyl groups excluding tert-OH is 1. The van der Waals surface area contributed by atoms with Crippen LogP contribution in [0.5, 0.6) is 0 Å². The lowest BCUT2D eigenvalue weighted by Crippen LogP contribution is -2.46. The van der Waals surface area contributed by atoms with Gasteiger partial charge in [-0.3, -0.25) is 0 Å². The van der Waals surface area contributed by atoms with Crippen LogP contribution >= 0.6 is 0 Å². The van der Waals surface area contributed by atoms with E-state index >= 15 is 0 Å². The number of nitrogens with one attached hydrogen (secondary N) is 1. The van der Waals surface area contributed by atoms with E-state index in [1.165, 1.54) is 6.42 Å². The molecule has 1 aliphatic carbocycles. The zero-order chi connectivity index (χ0) is 14.0. The fourth-order valence-electron chi connectivity index (χ4n) is 3.31. The monoisotopic (exact) mass is 271 g/mol. The predicted molar refractivity (Wildman–Crippen MR) is 80.6 cm³/mol. The highest BCUT2D eigenvalue weighted by atomic mass is 16.3. The first kappa shape index (κ1) is 13.3. The first-order valence-corrected chi connectivity index (χ1v) is 7.31. The number of fused-ring (bicyclic) bond motifs is 1. The minimum Gasteiger partial charge on any atom is -0.394 e. The van der Waals surface area contributed by atoms with E-state index in [1.807, 2.05) is 24.3 Å². The molecular formula is C16H21N3O. The van der Waals surface area contributed by atoms with Crippen molar-refractivity contribution in [3.63, 3.8) is 0 Å². The summed E-state index contributed by atoms with van der Waals surface area (Å²) in [5.74, 6) is 1.47. The number of benzene rings is 1. The Morgan fingerprint density at radius 2 is 2.20 bits per heavy atom. The van der Waals surface area contributed by atoms with Crippen molar-refractivity contribution in [1.82, 2.24) is 9.97 Å². The van der Waals surface area contributed by atoms with Gasteiger partial charge in [-0.1, -0.05) is 31.9 Å². The Morgan fingerprint density at radius 1 is 1.35 bits per heavy atom. The fraction of sp³-hybridized carbons (Fsp3) is 0.500. The van der Waals surface area contributed by atoms with E-state index in [1.54, 1.807) is 6.33 Å². The second kappa shape index (κ2) is 5.37. The quantitative estimate of drug-likeness (QED) is 0.901. The molecule has 3 rings (SSSR count). The third kappa shape index (κ3) is 2.48. The first-order chi connectivity index (χ1) is 9.72. The normalized spacial score (nSPS) is 26.6. The van der Waals surface area contributed by atoms with Crippen LogP contribution in [0.2, 0.25) is 0 Å². The molecular weight excluding hydrogens is 250 g/mol. The third-order valence-corrected chi connectivity index (χ3v) is 4.32. The maximum atomic E-state index is 9.89. The third-order valence-electron chi connectivity index (χ3n) is 4.32. The van der Waals surface area contributed by atoms with Crippen molar-refractivity contribution in [2.24, 2.45) is 5.92 Å². The molecule has 0 spiro atoms. The summed E-state index contributed by atoms with van der Waals surface area (Å²) in [7, 11) is 0. The molecule has 20 heavy (non-hydrogen) atoms. The lowest BCUT2D eigenvalue weighted by Gasteiger charge is -2.40. The molecule has 4 heteroatoms. The van der Waals surface area contributed by atoms with Crippen LogP contribution < -0.4 is 5.32 Å². The number of para-hydroxylation sites is 1. The number of hydrogen-bond donors (Lipinski definition) is 2. The second-order valence-corrected chi connectivity index (χ2v) is 6.00. The molecule has 106 valence electrons. The Bertz CT molecular complexity index is 596. The van der Waals surface area contributed by atoms with E-state index in [4.69, 9.17) is 0 Å². The highest BCUT2D eigenvalue weighted by Gasteiger charge is 2.34. The van der Waals surface area contributed by atoms with Gasteiger partial charge in [-0.05, 0) is 30.9 Å². The maximum absolute atomic E-state index is 9.89. The van der Waals surface area contributed by atoms with Gasteiger partial charge in [0.2, 0.25) is 0 Å². The molecule has 1 saturated carbocycles. The van der Waals surface area contributed by atoms with Crippen LogP contribution in [0, 0.1) is 5.92 Å². The van der Waals surface area contributed by atoms with Crippen molar-refractivity contribution in [2.45, 2.75) is 38.1 Å². The van der Waals surface area contributed by atoms with Gasteiger partial charge in [-0.15, -0.1) is 0 Å². The van der Waals surface area contributed by atoms with Gasteiger partial charge in [0, 0.05) is 5.39 Å². The van der Waals surface area contributed by atoms with Gasteiger partial charge < -0.3 is 10.4 Å². The molecule has 2 unspecified atom stereocenters. The van der Waals surface area contributed by atoms with Crippen molar-refractivity contribution in [3.05, 3.63) is 30.6 Å². The Morgan fingerprint density at radius 3 is 3.00 bits per heavy atom. The molecule has 4 nitrogen and oxygen atoms in total. The fourth-order valence-corrected chi connectivity index (χ4v) is 3.31. The van der Waals surface area contributed by atoms with Gasteiger partial charge in [-0.25, -0.2) is 9.97 Å². The standard InChI is InChI=1S/C16H21N3O/c1-12-5-4-8-16(9-12,10-20)19-15-13-6-2-3-7-14(13)17-11-18-15/h2-3,6-7,11-12,20H,4-5,8-10H2,1H3,(H,17,18,19). The molecule has 1 aromatic heterocycles. The zero-order valence-corrected chi connectivity index (χ0v) is 11.8. The Kier molecular flexibility index (Phi) is 3.57. The highest BCUT2D eigenvalue weighted by molar-refractivity contribution is 5.88. The Hall–Kier alpha value is -1.68. The maximum Gasteiger partial charge on any atom is 0.137 e. The summed E-state index contributed by atoms with van der Waals surface area (Å²) >= 11 is 0. The second-order valence-electron chi connectivity index (χ2n) is 6.00. The summed E-state index contributed by atoms with van der Waals surface area (Å²) in [4.78, 5) is 8.67. The van der Waals surface area contributed by atoms with Gasteiger partial charge in [0.05, 0.1) is 17.7 Å². The van der Waals surface area contributed by atoms with E-state index in [0.717, 1.165) is 36.0 Å². The molecule has 1 aromatic carbocycles. The van der Waals surface area contributed by atoms with Gasteiger partial charge in [-0.2, -0.15) is 0 Å². The van der Waals surface area contributed by atoms with Crippen molar-refractivity contribution < 1.29 is 5.11 Å². The predicted octanol–water partition coefficient (Wildman–Crippen LogP) is 2.98. The van der Waals surface area contributed by atoms with Gasteiger partial charge in [0.15, 0.2) is 0 Å². The van der Waals surface area contributed by atoms with Gasteiger partial charge in [0.25, 0.3) is 0 Å². The average molecular weight is 271 g/mol. The molecule has 2 aromatic rings. The minimum atomic E-state index is -0.241. The number of rotatable bonds is 3. The molecule has 2 N–H and O–H groups in total. The number of anilines is 1. The summed E-state index contributed by atoms with van der Waals surface area (Å²) < 4.78 is 0. The van der Waals surface area contributed by atoms with Gasteiger partial charge >= 0.3 is 0 Å². The minimum absolute atomic E-state index is 0.148. The largest absolute Gasteiger partial charge is 0.394 e. The molecule has 2 atom stereocenters. The van der Waals surface area contributed by atoms with Crippen molar-refractivity contribution >= 4 is 16.7 Å². The van der Waals surface area contributed by atoms with Crippen LogP contribution in [0.4, 0.5) is 5.82 Å². The van der Waals surface area contributed by atoms with Crippen molar-refractivity contribution in [2.75, 3.05) is 11.9 Å². The molecule has 1 fully saturated rings. The summed E-state index contributed by atoms with van der Waals surface area (Å²) in [6, 6.07) is 7.97. The Labute approximate surface area is 119 Å². The topological polar surface area (TPSA) is 58.0 Å². The van der Waals surface area contributed by atoms with E-state index in [2.05, 4.69) is 22.2 Å². The smallest absolute Gasteiger partial charge is 0.137 e.